The van der Waals surface area contributed by atoms with Gasteiger partial charge in [0.1, 0.15) is 5.54 Å². The third-order valence-electron chi connectivity index (χ3n) is 5.49. The summed E-state index contributed by atoms with van der Waals surface area (Å²) >= 11 is 6.21. The number of carbonyl (C=O) groups excluding carboxylic acids is 1. The number of aromatic nitrogens is 2. The number of benzene rings is 2. The molecule has 0 bridgehead atoms. The Balaban J connectivity index is 1.66. The van der Waals surface area contributed by atoms with Gasteiger partial charge in [-0.2, -0.15) is 23.5 Å². The van der Waals surface area contributed by atoms with E-state index < -0.39 is 23.2 Å². The van der Waals surface area contributed by atoms with Gasteiger partial charge in [0.2, 0.25) is 0 Å². The fraction of sp³-hybridized carbons (Fsp3) is 0.261. The van der Waals surface area contributed by atoms with Crippen molar-refractivity contribution in [3.63, 3.8) is 0 Å². The van der Waals surface area contributed by atoms with Gasteiger partial charge in [0.05, 0.1) is 34.1 Å². The molecular weight excluding hydrogens is 441 g/mol. The molecule has 0 atom stereocenters. The predicted octanol–water partition coefficient (Wildman–Crippen LogP) is 5.61. The van der Waals surface area contributed by atoms with Crippen LogP contribution in [0, 0.1) is 25.2 Å². The van der Waals surface area contributed by atoms with E-state index in [0.29, 0.717) is 40.8 Å². The Hall–Kier alpha value is -3.31. The molecule has 2 aromatic carbocycles. The maximum Gasteiger partial charge on any atom is 0.416 e. The quantitative estimate of drug-likeness (QED) is 0.552. The lowest BCUT2D eigenvalue weighted by molar-refractivity contribution is -0.137. The van der Waals surface area contributed by atoms with E-state index in [1.165, 1.54) is 4.68 Å². The summed E-state index contributed by atoms with van der Waals surface area (Å²) in [7, 11) is 0. The van der Waals surface area contributed by atoms with Crippen LogP contribution in [-0.4, -0.2) is 21.2 Å². The van der Waals surface area contributed by atoms with Crippen LogP contribution in [0.4, 0.5) is 13.2 Å². The lowest BCUT2D eigenvalue weighted by Crippen LogP contribution is -2.35. The van der Waals surface area contributed by atoms with Crippen LogP contribution in [0.25, 0.3) is 16.8 Å². The van der Waals surface area contributed by atoms with Crippen molar-refractivity contribution < 1.29 is 18.0 Å². The molecule has 1 amide bonds. The first kappa shape index (κ1) is 21.9. The van der Waals surface area contributed by atoms with Gasteiger partial charge in [-0.1, -0.05) is 17.7 Å². The Bertz CT molecular complexity index is 1250. The summed E-state index contributed by atoms with van der Waals surface area (Å²) in [6, 6.07) is 9.22. The Morgan fingerprint density at radius 1 is 1.19 bits per heavy atom. The molecule has 164 valence electrons. The molecule has 0 spiro atoms. The Morgan fingerprint density at radius 2 is 1.84 bits per heavy atom. The molecular formula is C23H18ClF3N4O. The van der Waals surface area contributed by atoms with Gasteiger partial charge in [-0.3, -0.25) is 4.79 Å². The number of amides is 1. The highest BCUT2D eigenvalue weighted by Gasteiger charge is 2.45. The van der Waals surface area contributed by atoms with Crippen molar-refractivity contribution >= 4 is 17.5 Å². The highest BCUT2D eigenvalue weighted by molar-refractivity contribution is 6.34. The standard InChI is InChI=1S/C23H18ClF3N4O/c1-13-7-17(23(25,26)27)8-14(2)20(13)31-11-16(10-29-31)15-3-4-19(24)18(9-15)21(32)30-22(12-28)5-6-22/h3-4,7-11H,5-6H2,1-2H3,(H,30,32). The molecule has 5 nitrogen and oxygen atoms in total. The number of hydrogen-bond donors (Lipinski definition) is 1. The summed E-state index contributed by atoms with van der Waals surface area (Å²) < 4.78 is 40.8. The fourth-order valence-corrected chi connectivity index (χ4v) is 3.83. The lowest BCUT2D eigenvalue weighted by Gasteiger charge is -2.14. The van der Waals surface area contributed by atoms with Crippen LogP contribution < -0.4 is 5.32 Å². The SMILES string of the molecule is Cc1cc(C(F)(F)F)cc(C)c1-n1cc(-c2ccc(Cl)c(C(=O)NC3(C#N)CC3)c2)cn1. The minimum Gasteiger partial charge on any atom is -0.334 e. The highest BCUT2D eigenvalue weighted by Crippen LogP contribution is 2.36. The zero-order valence-corrected chi connectivity index (χ0v) is 18.0. The van der Waals surface area contributed by atoms with Crippen molar-refractivity contribution in [3.05, 3.63) is 70.0 Å². The number of alkyl halides is 3. The summed E-state index contributed by atoms with van der Waals surface area (Å²) in [4.78, 5) is 12.6. The molecule has 32 heavy (non-hydrogen) atoms. The third kappa shape index (κ3) is 4.08. The van der Waals surface area contributed by atoms with Gasteiger partial charge in [0.25, 0.3) is 5.91 Å². The minimum absolute atomic E-state index is 0.236. The van der Waals surface area contributed by atoms with Crippen molar-refractivity contribution in [2.45, 2.75) is 38.4 Å². The van der Waals surface area contributed by atoms with Gasteiger partial charge in [-0.15, -0.1) is 0 Å². The second kappa shape index (κ2) is 7.68. The molecule has 0 radical (unpaired) electrons. The van der Waals surface area contributed by atoms with E-state index in [2.05, 4.69) is 16.5 Å². The van der Waals surface area contributed by atoms with Crippen LogP contribution in [0.5, 0.6) is 0 Å². The molecule has 4 rings (SSSR count). The summed E-state index contributed by atoms with van der Waals surface area (Å²) in [6.45, 7) is 3.21. The largest absolute Gasteiger partial charge is 0.416 e. The summed E-state index contributed by atoms with van der Waals surface area (Å²) in [5.74, 6) is -0.433. The lowest BCUT2D eigenvalue weighted by atomic mass is 10.0. The number of nitriles is 1. The van der Waals surface area contributed by atoms with Crippen molar-refractivity contribution in [2.24, 2.45) is 0 Å². The average Bonchev–Trinajstić information content (AvgIpc) is 3.33. The third-order valence-corrected chi connectivity index (χ3v) is 5.82. The van der Waals surface area contributed by atoms with Gasteiger partial charge >= 0.3 is 6.18 Å². The summed E-state index contributed by atoms with van der Waals surface area (Å²) in [5, 5.41) is 16.5. The van der Waals surface area contributed by atoms with E-state index in [1.807, 2.05) is 0 Å². The fourth-order valence-electron chi connectivity index (χ4n) is 3.63. The molecule has 0 saturated heterocycles. The van der Waals surface area contributed by atoms with E-state index in [4.69, 9.17) is 11.6 Å². The second-order valence-electron chi connectivity index (χ2n) is 7.97. The maximum atomic E-state index is 13.1. The zero-order chi connectivity index (χ0) is 23.3. The van der Waals surface area contributed by atoms with Gasteiger partial charge < -0.3 is 5.32 Å². The molecule has 1 N–H and O–H groups in total. The number of hydrogen-bond acceptors (Lipinski definition) is 3. The summed E-state index contributed by atoms with van der Waals surface area (Å²) in [6.07, 6.45) is 0.0365. The second-order valence-corrected chi connectivity index (χ2v) is 8.38. The number of carbonyl (C=O) groups is 1. The number of nitrogens with one attached hydrogen (secondary N) is 1. The Morgan fingerprint density at radius 3 is 2.41 bits per heavy atom. The van der Waals surface area contributed by atoms with Crippen molar-refractivity contribution in [2.75, 3.05) is 0 Å². The first-order valence-electron chi connectivity index (χ1n) is 9.80. The maximum absolute atomic E-state index is 13.1. The molecule has 1 aromatic heterocycles. The average molecular weight is 459 g/mol. The molecule has 9 heteroatoms. The molecule has 1 saturated carbocycles. The van der Waals surface area contributed by atoms with Gasteiger partial charge in [-0.25, -0.2) is 4.68 Å². The smallest absolute Gasteiger partial charge is 0.334 e. The van der Waals surface area contributed by atoms with Gasteiger partial charge in [0.15, 0.2) is 0 Å². The van der Waals surface area contributed by atoms with E-state index in [1.54, 1.807) is 44.4 Å². The van der Waals surface area contributed by atoms with Gasteiger partial charge in [-0.05, 0) is 67.6 Å². The monoisotopic (exact) mass is 458 g/mol. The van der Waals surface area contributed by atoms with Crippen LogP contribution in [0.2, 0.25) is 5.02 Å². The number of aryl methyl sites for hydroxylation is 2. The molecule has 1 heterocycles. The van der Waals surface area contributed by atoms with E-state index in [-0.39, 0.29) is 10.6 Å². The van der Waals surface area contributed by atoms with E-state index in [9.17, 15) is 23.2 Å². The molecule has 1 aliphatic rings. The first-order chi connectivity index (χ1) is 15.0. The molecule has 3 aromatic rings. The highest BCUT2D eigenvalue weighted by atomic mass is 35.5. The predicted molar refractivity (Wildman–Crippen MR) is 114 cm³/mol. The van der Waals surface area contributed by atoms with Crippen LogP contribution in [0.15, 0.2) is 42.7 Å². The minimum atomic E-state index is -4.42. The number of nitrogens with zero attached hydrogens (tertiary/aromatic N) is 3. The summed E-state index contributed by atoms with van der Waals surface area (Å²) in [5.41, 5.74) is 1.47. The van der Waals surface area contributed by atoms with Crippen LogP contribution in [-0.2, 0) is 6.18 Å². The first-order valence-corrected chi connectivity index (χ1v) is 10.2. The molecule has 1 aliphatic carbocycles. The van der Waals surface area contributed by atoms with Crippen LogP contribution in [0.1, 0.15) is 39.9 Å². The Kier molecular flexibility index (Phi) is 5.25. The molecule has 1 fully saturated rings. The Labute approximate surface area is 187 Å². The molecule has 0 unspecified atom stereocenters. The van der Waals surface area contributed by atoms with Crippen molar-refractivity contribution in [3.8, 4) is 22.9 Å². The number of rotatable bonds is 4. The topological polar surface area (TPSA) is 70.7 Å². The van der Waals surface area contributed by atoms with E-state index >= 15 is 0 Å². The number of halogens is 4. The van der Waals surface area contributed by atoms with Gasteiger partial charge in [0, 0.05) is 11.8 Å². The van der Waals surface area contributed by atoms with Crippen molar-refractivity contribution in [1.29, 1.82) is 5.26 Å². The van der Waals surface area contributed by atoms with E-state index in [0.717, 1.165) is 12.1 Å². The molecule has 0 aliphatic heterocycles. The van der Waals surface area contributed by atoms with Crippen LogP contribution >= 0.6 is 11.6 Å². The zero-order valence-electron chi connectivity index (χ0n) is 17.2. The van der Waals surface area contributed by atoms with Crippen LogP contribution in [0.3, 0.4) is 0 Å². The van der Waals surface area contributed by atoms with Crippen molar-refractivity contribution in [1.82, 2.24) is 15.1 Å². The normalized spacial score (nSPS) is 14.7.